The van der Waals surface area contributed by atoms with Gasteiger partial charge in [-0.1, -0.05) is 63.6 Å². The van der Waals surface area contributed by atoms with Crippen LogP contribution in [0.15, 0.2) is 47.3 Å². The number of fused-ring (bicyclic) bond motifs is 4. The molecule has 2 fully saturated rings. The van der Waals surface area contributed by atoms with E-state index in [1.807, 2.05) is 32.9 Å². The van der Waals surface area contributed by atoms with Gasteiger partial charge in [-0.2, -0.15) is 0 Å². The molecule has 1 spiro atoms. The summed E-state index contributed by atoms with van der Waals surface area (Å²) in [5, 5.41) is 33.8. The fourth-order valence-electron chi connectivity index (χ4n) is 8.03. The van der Waals surface area contributed by atoms with Crippen LogP contribution in [0.1, 0.15) is 66.7 Å². The highest BCUT2D eigenvalue weighted by atomic mass is 16.6. The molecule has 5 aliphatic rings. The third-order valence-corrected chi connectivity index (χ3v) is 10.7. The third-order valence-electron chi connectivity index (χ3n) is 10.7. The molecule has 0 amide bonds. The molecule has 2 bridgehead atoms. The molecule has 0 unspecified atom stereocenters. The van der Waals surface area contributed by atoms with Gasteiger partial charge in [-0.15, -0.1) is 0 Å². The number of aliphatic hydroxyl groups excluding tert-OH is 3. The Morgan fingerprint density at radius 1 is 1.14 bits per heavy atom. The summed E-state index contributed by atoms with van der Waals surface area (Å²) < 4.78 is 6.07. The number of Topliss-reactive ketones (excluding diaryl/α,β-unsaturated/α-hetero) is 1. The second kappa shape index (κ2) is 8.42. The molecule has 4 aliphatic carbocycles. The van der Waals surface area contributed by atoms with E-state index in [9.17, 15) is 24.9 Å². The first-order chi connectivity index (χ1) is 16.9. The quantitative estimate of drug-likeness (QED) is 0.279. The largest absolute Gasteiger partial charge is 0.511 e. The number of carbonyl (C=O) groups excluding carboxylic acids is 2. The summed E-state index contributed by atoms with van der Waals surface area (Å²) in [6.45, 7) is 9.85. The highest BCUT2D eigenvalue weighted by Crippen LogP contribution is 2.60. The lowest BCUT2D eigenvalue weighted by Gasteiger charge is -2.53. The molecule has 6 nitrogen and oxygen atoms in total. The fourth-order valence-corrected chi connectivity index (χ4v) is 8.03. The zero-order valence-corrected chi connectivity index (χ0v) is 22.0. The molecule has 1 saturated heterocycles. The molecule has 0 aromatic carbocycles. The minimum Gasteiger partial charge on any atom is -0.511 e. The molecular weight excluding hydrogens is 456 g/mol. The highest BCUT2D eigenvalue weighted by molar-refractivity contribution is 6.26. The zero-order chi connectivity index (χ0) is 26.2. The Hall–Kier alpha value is -2.18. The van der Waals surface area contributed by atoms with Crippen LogP contribution in [0.3, 0.4) is 0 Å². The van der Waals surface area contributed by atoms with Crippen molar-refractivity contribution < 1.29 is 29.6 Å². The van der Waals surface area contributed by atoms with Crippen molar-refractivity contribution >= 4 is 11.8 Å². The Balaban J connectivity index is 1.72. The predicted molar refractivity (Wildman–Crippen MR) is 136 cm³/mol. The van der Waals surface area contributed by atoms with Crippen molar-refractivity contribution in [2.45, 2.75) is 84.5 Å². The first-order valence-corrected chi connectivity index (χ1v) is 13.5. The third kappa shape index (κ3) is 3.22. The molecule has 36 heavy (non-hydrogen) atoms. The summed E-state index contributed by atoms with van der Waals surface area (Å²) in [6, 6.07) is 0. The van der Waals surface area contributed by atoms with Crippen LogP contribution in [0.4, 0.5) is 0 Å². The van der Waals surface area contributed by atoms with Crippen LogP contribution in [-0.4, -0.2) is 44.9 Å². The van der Waals surface area contributed by atoms with Gasteiger partial charge >= 0.3 is 5.97 Å². The SMILES string of the molecule is CC[C@@H]1C[C@]23OC(=O)/C(=C(\O)[C@@]4(C)[C@@H]5C[C@H](O)[C@H](C)[C@H](O)[C@H]5C=C[C@H]4C/C=C/C[C@]2(C)C=C1C)C3=O. The number of allylic oxidation sites excluding steroid dienone is 5. The maximum Gasteiger partial charge on any atom is 0.346 e. The van der Waals surface area contributed by atoms with Gasteiger partial charge in [0.05, 0.1) is 12.2 Å². The van der Waals surface area contributed by atoms with Crippen molar-refractivity contribution in [1.29, 1.82) is 0 Å². The number of aliphatic hydroxyl groups is 3. The Morgan fingerprint density at radius 2 is 1.86 bits per heavy atom. The molecule has 0 radical (unpaired) electrons. The van der Waals surface area contributed by atoms with Crippen LogP contribution in [0.25, 0.3) is 0 Å². The van der Waals surface area contributed by atoms with Crippen molar-refractivity contribution in [2.24, 2.45) is 40.4 Å². The summed E-state index contributed by atoms with van der Waals surface area (Å²) in [5.74, 6) is -2.46. The summed E-state index contributed by atoms with van der Waals surface area (Å²) in [6.07, 6.45) is 11.5. The van der Waals surface area contributed by atoms with E-state index in [0.717, 1.165) is 6.42 Å². The first-order valence-electron chi connectivity index (χ1n) is 13.5. The van der Waals surface area contributed by atoms with E-state index in [1.165, 1.54) is 5.57 Å². The molecule has 1 saturated carbocycles. The van der Waals surface area contributed by atoms with Crippen LogP contribution >= 0.6 is 0 Å². The van der Waals surface area contributed by atoms with Gasteiger partial charge in [0.2, 0.25) is 5.78 Å². The van der Waals surface area contributed by atoms with E-state index in [-0.39, 0.29) is 40.9 Å². The number of carbonyl (C=O) groups is 2. The number of ketones is 1. The standard InChI is InChI=1S/C30H40O6/c1-6-18-15-30-26(34)23(27(35)36-30)25(33)29(5)19(9-7-8-12-28(30,4)14-16(18)2)10-11-20-21(29)13-22(31)17(3)24(20)32/h7-8,10-11,14,17-22,24,31-33H,6,9,12-13,15H2,1-5H3/b8-7+,25-23-/t17-,18+,19+,20-,21+,22-,24-,28+,29+,30+/m0/s1. The predicted octanol–water partition coefficient (Wildman–Crippen LogP) is 4.58. The van der Waals surface area contributed by atoms with Crippen molar-refractivity contribution in [3.05, 3.63) is 47.3 Å². The van der Waals surface area contributed by atoms with E-state index in [1.54, 1.807) is 0 Å². The maximum atomic E-state index is 14.3. The highest BCUT2D eigenvalue weighted by Gasteiger charge is 2.66. The second-order valence-electron chi connectivity index (χ2n) is 12.4. The Bertz CT molecular complexity index is 1100. The van der Waals surface area contributed by atoms with E-state index in [4.69, 9.17) is 4.74 Å². The van der Waals surface area contributed by atoms with Crippen molar-refractivity contribution in [2.75, 3.05) is 0 Å². The van der Waals surface area contributed by atoms with Gasteiger partial charge in [-0.3, -0.25) is 4.79 Å². The second-order valence-corrected chi connectivity index (χ2v) is 12.4. The normalized spacial score (nSPS) is 51.3. The lowest BCUT2D eigenvalue weighted by Crippen LogP contribution is -2.55. The first kappa shape index (κ1) is 25.5. The molecule has 5 rings (SSSR count). The van der Waals surface area contributed by atoms with E-state index < -0.39 is 40.4 Å². The summed E-state index contributed by atoms with van der Waals surface area (Å²) in [4.78, 5) is 27.8. The van der Waals surface area contributed by atoms with Gasteiger partial charge < -0.3 is 20.1 Å². The Morgan fingerprint density at radius 3 is 2.56 bits per heavy atom. The van der Waals surface area contributed by atoms with Gasteiger partial charge in [-0.05, 0) is 50.4 Å². The van der Waals surface area contributed by atoms with Crippen LogP contribution in [0, 0.1) is 40.4 Å². The molecule has 10 atom stereocenters. The molecule has 196 valence electrons. The summed E-state index contributed by atoms with van der Waals surface area (Å²) >= 11 is 0. The molecule has 0 aromatic rings. The minimum atomic E-state index is -1.36. The van der Waals surface area contributed by atoms with Gasteiger partial charge in [-0.25, -0.2) is 4.79 Å². The fraction of sp³-hybridized carbons (Fsp3) is 0.667. The zero-order valence-electron chi connectivity index (χ0n) is 22.0. The molecule has 6 heteroatoms. The average Bonchev–Trinajstić information content (AvgIpc) is 3.08. The minimum absolute atomic E-state index is 0.112. The Labute approximate surface area is 213 Å². The van der Waals surface area contributed by atoms with Gasteiger partial charge in [0.25, 0.3) is 0 Å². The maximum absolute atomic E-state index is 14.3. The topological polar surface area (TPSA) is 104 Å². The van der Waals surface area contributed by atoms with E-state index in [2.05, 4.69) is 32.1 Å². The lowest BCUT2D eigenvalue weighted by molar-refractivity contribution is -0.165. The number of esters is 1. The summed E-state index contributed by atoms with van der Waals surface area (Å²) in [7, 11) is 0. The van der Waals surface area contributed by atoms with Crippen molar-refractivity contribution in [3.63, 3.8) is 0 Å². The number of hydrogen-bond donors (Lipinski definition) is 3. The van der Waals surface area contributed by atoms with Crippen molar-refractivity contribution in [1.82, 2.24) is 0 Å². The van der Waals surface area contributed by atoms with Crippen LogP contribution < -0.4 is 0 Å². The molecule has 1 heterocycles. The lowest BCUT2D eigenvalue weighted by atomic mass is 9.52. The van der Waals surface area contributed by atoms with Gasteiger partial charge in [0.1, 0.15) is 11.3 Å². The Kier molecular flexibility index (Phi) is 5.96. The average molecular weight is 497 g/mol. The van der Waals surface area contributed by atoms with Crippen LogP contribution in [-0.2, 0) is 14.3 Å². The molecule has 1 aliphatic heterocycles. The van der Waals surface area contributed by atoms with Gasteiger partial charge in [0.15, 0.2) is 5.60 Å². The van der Waals surface area contributed by atoms with Crippen LogP contribution in [0.2, 0.25) is 0 Å². The monoisotopic (exact) mass is 496 g/mol. The number of hydrogen-bond acceptors (Lipinski definition) is 6. The smallest absolute Gasteiger partial charge is 0.346 e. The molecular formula is C30H40O6. The molecule has 0 aromatic heterocycles. The van der Waals surface area contributed by atoms with Gasteiger partial charge in [0, 0.05) is 29.1 Å². The van der Waals surface area contributed by atoms with E-state index >= 15 is 0 Å². The number of rotatable bonds is 1. The van der Waals surface area contributed by atoms with Crippen LogP contribution in [0.5, 0.6) is 0 Å². The molecule has 3 N–H and O–H groups in total. The number of ether oxygens (including phenoxy) is 1. The summed E-state index contributed by atoms with van der Waals surface area (Å²) in [5.41, 5.74) is -2.15. The van der Waals surface area contributed by atoms with E-state index in [0.29, 0.717) is 25.7 Å². The van der Waals surface area contributed by atoms with Crippen molar-refractivity contribution in [3.8, 4) is 0 Å².